The molecule has 3 rings (SSSR count). The number of piperidine rings is 1. The van der Waals surface area contributed by atoms with E-state index in [0.717, 1.165) is 12.1 Å². The second-order valence-corrected chi connectivity index (χ2v) is 11.1. The number of rotatable bonds is 4. The first-order valence-electron chi connectivity index (χ1n) is 8.07. The number of benzene rings is 2. The van der Waals surface area contributed by atoms with Crippen LogP contribution < -0.4 is 0 Å². The lowest BCUT2D eigenvalue weighted by molar-refractivity contribution is 0.345. The van der Waals surface area contributed by atoms with Gasteiger partial charge in [0.25, 0.3) is 0 Å². The van der Waals surface area contributed by atoms with E-state index in [1.165, 1.54) is 28.6 Å². The molecule has 2 aromatic carbocycles. The Hall–Kier alpha value is -1.19. The van der Waals surface area contributed by atoms with Crippen molar-refractivity contribution in [3.63, 3.8) is 0 Å². The first-order chi connectivity index (χ1) is 12.6. The van der Waals surface area contributed by atoms with E-state index in [0.29, 0.717) is 0 Å². The summed E-state index contributed by atoms with van der Waals surface area (Å²) in [6.45, 7) is 0.0456. The molecule has 1 fully saturated rings. The van der Waals surface area contributed by atoms with Crippen LogP contribution in [0.25, 0.3) is 0 Å². The smallest absolute Gasteiger partial charge is 0.223 e. The molecule has 0 aromatic heterocycles. The molecular formula is C17H16Cl2FNO4S2. The molecule has 0 saturated carbocycles. The van der Waals surface area contributed by atoms with Crippen molar-refractivity contribution in [2.24, 2.45) is 0 Å². The molecule has 0 radical (unpaired) electrons. The van der Waals surface area contributed by atoms with Crippen LogP contribution in [0.15, 0.2) is 52.3 Å². The molecule has 1 saturated heterocycles. The quantitative estimate of drug-likeness (QED) is 0.663. The lowest BCUT2D eigenvalue weighted by Gasteiger charge is -2.31. The third-order valence-corrected chi connectivity index (χ3v) is 9.63. The molecule has 1 heterocycles. The van der Waals surface area contributed by atoms with E-state index in [1.54, 1.807) is 6.07 Å². The van der Waals surface area contributed by atoms with E-state index >= 15 is 0 Å². The molecule has 0 aliphatic carbocycles. The van der Waals surface area contributed by atoms with Crippen molar-refractivity contribution >= 4 is 43.1 Å². The summed E-state index contributed by atoms with van der Waals surface area (Å²) in [6, 6.07) is 9.04. The summed E-state index contributed by atoms with van der Waals surface area (Å²) in [6.07, 6.45) is 0.252. The maximum atomic E-state index is 13.0. The number of hydrogen-bond acceptors (Lipinski definition) is 4. The van der Waals surface area contributed by atoms with Gasteiger partial charge in [0.15, 0.2) is 9.84 Å². The highest BCUT2D eigenvalue weighted by molar-refractivity contribution is 7.92. The minimum absolute atomic E-state index is 0.0172. The number of nitrogens with zero attached hydrogens (tertiary/aromatic N) is 1. The summed E-state index contributed by atoms with van der Waals surface area (Å²) in [5, 5.41) is -0.705. The van der Waals surface area contributed by atoms with Crippen LogP contribution in [0.1, 0.15) is 12.8 Å². The van der Waals surface area contributed by atoms with E-state index in [2.05, 4.69) is 0 Å². The van der Waals surface area contributed by atoms with Gasteiger partial charge in [-0.2, -0.15) is 4.31 Å². The molecule has 0 N–H and O–H groups in total. The van der Waals surface area contributed by atoms with Crippen LogP contribution in [0.5, 0.6) is 0 Å². The van der Waals surface area contributed by atoms with E-state index in [1.807, 2.05) is 0 Å². The summed E-state index contributed by atoms with van der Waals surface area (Å²) >= 11 is 12.0. The van der Waals surface area contributed by atoms with Crippen LogP contribution >= 0.6 is 23.2 Å². The van der Waals surface area contributed by atoms with Crippen LogP contribution in [-0.4, -0.2) is 39.5 Å². The predicted molar refractivity (Wildman–Crippen MR) is 102 cm³/mol. The van der Waals surface area contributed by atoms with Gasteiger partial charge in [-0.25, -0.2) is 21.2 Å². The number of sulfone groups is 1. The molecule has 146 valence electrons. The molecular weight excluding hydrogens is 436 g/mol. The molecule has 1 aliphatic rings. The Bertz CT molecular complexity index is 1030. The molecule has 0 spiro atoms. The summed E-state index contributed by atoms with van der Waals surface area (Å²) in [5.74, 6) is -0.522. The molecule has 1 aliphatic heterocycles. The SMILES string of the molecule is O=S(=O)(c1ccc(F)cc1)C1CCN(S(=O)(=O)c2c(Cl)cccc2Cl)CC1. The largest absolute Gasteiger partial charge is 0.246 e. The molecule has 0 unspecified atom stereocenters. The van der Waals surface area contributed by atoms with Crippen molar-refractivity contribution in [1.29, 1.82) is 0 Å². The summed E-state index contributed by atoms with van der Waals surface area (Å²) in [5.41, 5.74) is 0. The third-order valence-electron chi connectivity index (χ3n) is 4.50. The van der Waals surface area contributed by atoms with Gasteiger partial charge in [0.1, 0.15) is 10.7 Å². The van der Waals surface area contributed by atoms with Crippen molar-refractivity contribution < 1.29 is 21.2 Å². The molecule has 0 amide bonds. The number of sulfonamides is 1. The van der Waals surface area contributed by atoms with Crippen molar-refractivity contribution in [3.8, 4) is 0 Å². The fourth-order valence-electron chi connectivity index (χ4n) is 3.06. The Morgan fingerprint density at radius 2 is 1.41 bits per heavy atom. The summed E-state index contributed by atoms with van der Waals surface area (Å²) in [4.78, 5) is -0.146. The fraction of sp³-hybridized carbons (Fsp3) is 0.294. The van der Waals surface area contributed by atoms with E-state index < -0.39 is 30.9 Å². The van der Waals surface area contributed by atoms with E-state index in [-0.39, 0.29) is 45.8 Å². The minimum Gasteiger partial charge on any atom is -0.223 e. The second-order valence-electron chi connectivity index (χ2n) is 6.15. The lowest BCUT2D eigenvalue weighted by Crippen LogP contribution is -2.42. The first-order valence-corrected chi connectivity index (χ1v) is 11.8. The van der Waals surface area contributed by atoms with Crippen LogP contribution in [0.2, 0.25) is 10.0 Å². The topological polar surface area (TPSA) is 71.5 Å². The van der Waals surface area contributed by atoms with Gasteiger partial charge in [0.05, 0.1) is 20.2 Å². The maximum absolute atomic E-state index is 13.0. The fourth-order valence-corrected chi connectivity index (χ4v) is 7.35. The zero-order chi connectivity index (χ0) is 19.8. The highest BCUT2D eigenvalue weighted by atomic mass is 35.5. The summed E-state index contributed by atoms with van der Waals surface area (Å²) in [7, 11) is -7.61. The first kappa shape index (κ1) is 20.5. The van der Waals surface area contributed by atoms with Gasteiger partial charge in [-0.3, -0.25) is 0 Å². The number of halogens is 3. The normalized spacial score (nSPS) is 17.1. The Morgan fingerprint density at radius 3 is 1.93 bits per heavy atom. The average Bonchev–Trinajstić information content (AvgIpc) is 2.62. The van der Waals surface area contributed by atoms with Gasteiger partial charge < -0.3 is 0 Å². The van der Waals surface area contributed by atoms with E-state index in [4.69, 9.17) is 23.2 Å². The monoisotopic (exact) mass is 451 g/mol. The zero-order valence-electron chi connectivity index (χ0n) is 14.0. The van der Waals surface area contributed by atoms with Crippen molar-refractivity contribution in [3.05, 3.63) is 58.3 Å². The van der Waals surface area contributed by atoms with Crippen LogP contribution in [0.3, 0.4) is 0 Å². The van der Waals surface area contributed by atoms with E-state index in [9.17, 15) is 21.2 Å². The van der Waals surface area contributed by atoms with Gasteiger partial charge in [0, 0.05) is 13.1 Å². The zero-order valence-corrected chi connectivity index (χ0v) is 17.1. The third kappa shape index (κ3) is 4.00. The van der Waals surface area contributed by atoms with Crippen LogP contribution in [0, 0.1) is 5.82 Å². The molecule has 0 atom stereocenters. The van der Waals surface area contributed by atoms with Gasteiger partial charge in [-0.05, 0) is 49.2 Å². The molecule has 0 bridgehead atoms. The number of hydrogen-bond donors (Lipinski definition) is 0. The molecule has 10 heteroatoms. The Kier molecular flexibility index (Phi) is 5.84. The summed E-state index contributed by atoms with van der Waals surface area (Å²) < 4.78 is 65.3. The molecule has 5 nitrogen and oxygen atoms in total. The minimum atomic E-state index is -3.94. The van der Waals surface area contributed by atoms with Crippen molar-refractivity contribution in [1.82, 2.24) is 4.31 Å². The molecule has 2 aromatic rings. The van der Waals surface area contributed by atoms with Gasteiger partial charge in [-0.15, -0.1) is 0 Å². The van der Waals surface area contributed by atoms with Crippen LogP contribution in [-0.2, 0) is 19.9 Å². The standard InChI is InChI=1S/C17H16Cl2FNO4S2/c18-15-2-1-3-16(19)17(15)27(24,25)21-10-8-14(9-11-21)26(22,23)13-6-4-12(20)5-7-13/h1-7,14H,8-11H2. The maximum Gasteiger partial charge on any atom is 0.246 e. The Morgan fingerprint density at radius 1 is 0.889 bits per heavy atom. The molecule has 27 heavy (non-hydrogen) atoms. The second kappa shape index (κ2) is 7.67. The van der Waals surface area contributed by atoms with Gasteiger partial charge >= 0.3 is 0 Å². The average molecular weight is 452 g/mol. The predicted octanol–water partition coefficient (Wildman–Crippen LogP) is 3.76. The van der Waals surface area contributed by atoms with Crippen molar-refractivity contribution in [2.45, 2.75) is 27.9 Å². The Labute approximate surface area is 167 Å². The van der Waals surface area contributed by atoms with Crippen LogP contribution in [0.4, 0.5) is 4.39 Å². The Balaban J connectivity index is 1.80. The van der Waals surface area contributed by atoms with Gasteiger partial charge in [0.2, 0.25) is 10.0 Å². The highest BCUT2D eigenvalue weighted by Crippen LogP contribution is 2.34. The highest BCUT2D eigenvalue weighted by Gasteiger charge is 2.37. The lowest BCUT2D eigenvalue weighted by atomic mass is 10.2. The van der Waals surface area contributed by atoms with Crippen molar-refractivity contribution in [2.75, 3.05) is 13.1 Å². The van der Waals surface area contributed by atoms with Gasteiger partial charge in [-0.1, -0.05) is 29.3 Å².